The summed E-state index contributed by atoms with van der Waals surface area (Å²) in [5.74, 6) is -5.36. The van der Waals surface area contributed by atoms with Crippen molar-refractivity contribution in [2.75, 3.05) is 38.7 Å². The number of ether oxygens (including phenoxy) is 4. The Balaban J connectivity index is 1.42. The number of thiophene rings is 1. The molecule has 4 aliphatic rings. The predicted octanol–water partition coefficient (Wildman–Crippen LogP) is 5.39. The lowest BCUT2D eigenvalue weighted by Gasteiger charge is -2.49. The maximum absolute atomic E-state index is 15.9. The van der Waals surface area contributed by atoms with Gasteiger partial charge >= 0.3 is 6.16 Å². The van der Waals surface area contributed by atoms with E-state index >= 15 is 13.2 Å². The van der Waals surface area contributed by atoms with Crippen LogP contribution in [-0.4, -0.2) is 61.5 Å². The molecule has 4 heterocycles. The predicted molar refractivity (Wildman–Crippen MR) is 163 cm³/mol. The summed E-state index contributed by atoms with van der Waals surface area (Å²) in [6.07, 6.45) is -0.565. The Morgan fingerprint density at radius 3 is 2.74 bits per heavy atom. The van der Waals surface area contributed by atoms with E-state index in [-0.39, 0.29) is 30.2 Å². The third kappa shape index (κ3) is 4.38. The molecular weight excluding hydrogens is 639 g/mol. The molecular formula is C33H26F3N3O7S. The number of carbonyl (C=O) groups excluding carboxylic acids is 2. The van der Waals surface area contributed by atoms with Crippen LogP contribution in [-0.2, 0) is 26.6 Å². The van der Waals surface area contributed by atoms with Crippen molar-refractivity contribution in [1.82, 2.24) is 9.58 Å². The molecule has 1 amide bonds. The molecule has 0 unspecified atom stereocenters. The van der Waals surface area contributed by atoms with E-state index in [0.717, 1.165) is 29.2 Å². The highest BCUT2D eigenvalue weighted by Gasteiger charge is 2.50. The van der Waals surface area contributed by atoms with Gasteiger partial charge in [-0.25, -0.2) is 18.0 Å². The van der Waals surface area contributed by atoms with Gasteiger partial charge in [-0.1, -0.05) is 30.3 Å². The molecule has 0 radical (unpaired) electrons. The number of alkyl halides is 2. The number of pyridine rings is 1. The van der Waals surface area contributed by atoms with Gasteiger partial charge in [0.25, 0.3) is 11.8 Å². The molecule has 0 bridgehead atoms. The van der Waals surface area contributed by atoms with Crippen molar-refractivity contribution >= 4 is 23.4 Å². The van der Waals surface area contributed by atoms with Gasteiger partial charge in [-0.15, -0.1) is 11.3 Å². The number of rotatable bonds is 4. The molecule has 10 nitrogen and oxygen atoms in total. The molecule has 242 valence electrons. The Kier molecular flexibility index (Phi) is 6.84. The summed E-state index contributed by atoms with van der Waals surface area (Å²) in [6.45, 7) is -0.0434. The summed E-state index contributed by atoms with van der Waals surface area (Å²) in [5.41, 5.74) is 1.65. The smallest absolute Gasteiger partial charge is 0.451 e. The normalized spacial score (nSPS) is 20.2. The molecule has 47 heavy (non-hydrogen) atoms. The molecule has 1 saturated heterocycles. The fraction of sp³-hybridized carbons (Fsp3) is 0.303. The van der Waals surface area contributed by atoms with Gasteiger partial charge in [-0.05, 0) is 33.7 Å². The van der Waals surface area contributed by atoms with E-state index in [2.05, 4.69) is 4.74 Å². The number of halogens is 3. The van der Waals surface area contributed by atoms with Crippen LogP contribution in [0.15, 0.2) is 58.8 Å². The lowest BCUT2D eigenvalue weighted by Crippen LogP contribution is -2.62. The minimum absolute atomic E-state index is 0.132. The fourth-order valence-corrected chi connectivity index (χ4v) is 8.37. The first-order valence-electron chi connectivity index (χ1n) is 14.9. The Morgan fingerprint density at radius 1 is 1.09 bits per heavy atom. The topological polar surface area (TPSA) is 99.5 Å². The number of amides is 1. The summed E-state index contributed by atoms with van der Waals surface area (Å²) in [6, 6.07) is 10.5. The van der Waals surface area contributed by atoms with Gasteiger partial charge in [0, 0.05) is 47.7 Å². The Morgan fingerprint density at radius 2 is 1.91 bits per heavy atom. The summed E-state index contributed by atoms with van der Waals surface area (Å²) in [5, 5.41) is 3.57. The summed E-state index contributed by atoms with van der Waals surface area (Å²) < 4.78 is 69.5. The molecule has 8 rings (SSSR count). The second-order valence-corrected chi connectivity index (χ2v) is 12.4. The van der Waals surface area contributed by atoms with E-state index in [1.54, 1.807) is 10.3 Å². The molecule has 0 N–H and O–H groups in total. The summed E-state index contributed by atoms with van der Waals surface area (Å²) >= 11 is 1.34. The quantitative estimate of drug-likeness (QED) is 0.211. The van der Waals surface area contributed by atoms with Crippen molar-refractivity contribution in [1.29, 1.82) is 0 Å². The number of aromatic nitrogens is 1. The molecule has 2 aromatic heterocycles. The van der Waals surface area contributed by atoms with Gasteiger partial charge in [0.1, 0.15) is 12.0 Å². The first kappa shape index (κ1) is 29.6. The molecule has 2 aliphatic carbocycles. The number of hydrogen-bond acceptors (Lipinski definition) is 9. The lowest BCUT2D eigenvalue weighted by molar-refractivity contribution is -0.00827. The molecule has 1 fully saturated rings. The molecule has 2 aliphatic heterocycles. The van der Waals surface area contributed by atoms with Crippen molar-refractivity contribution in [2.24, 2.45) is 0 Å². The highest BCUT2D eigenvalue weighted by Crippen LogP contribution is 2.58. The van der Waals surface area contributed by atoms with Crippen LogP contribution in [0.25, 0.3) is 21.6 Å². The SMILES string of the molecule is COC(=O)OCOc1c2n(ccc1=O)N([C@@H]1c3ccccc3-c3scc4c3-c3c1ccc(F)c3C(F)(F)C4)[C@@H]1CCOCCN1C2=O. The Labute approximate surface area is 269 Å². The zero-order valence-electron chi connectivity index (χ0n) is 24.8. The maximum Gasteiger partial charge on any atom is 0.510 e. The van der Waals surface area contributed by atoms with Crippen LogP contribution >= 0.6 is 11.3 Å². The van der Waals surface area contributed by atoms with Crippen molar-refractivity contribution in [3.63, 3.8) is 0 Å². The molecule has 14 heteroatoms. The highest BCUT2D eigenvalue weighted by atomic mass is 32.1. The fourth-order valence-electron chi connectivity index (χ4n) is 7.24. The number of methoxy groups -OCH3 is 1. The Hall–Kier alpha value is -4.82. The highest BCUT2D eigenvalue weighted by molar-refractivity contribution is 7.14. The standard InChI is InChI=1S/C33H26F3N3O7S/c1-43-32(42)46-16-45-29-22(40)8-10-38-28(29)31(41)37-11-13-44-12-9-23(37)39(38)27-18-4-2-3-5-19(18)30-24-17(15-47-30)14-33(35,36)26-21(34)7-6-20(27)25(24)26/h2-8,10,15,23,27H,9,11-14,16H2,1H3/t23-,27-/m1/s1. The first-order valence-corrected chi connectivity index (χ1v) is 15.8. The van der Waals surface area contributed by atoms with Crippen LogP contribution in [0.5, 0.6) is 5.75 Å². The van der Waals surface area contributed by atoms with Crippen LogP contribution in [0.3, 0.4) is 0 Å². The monoisotopic (exact) mass is 665 g/mol. The zero-order chi connectivity index (χ0) is 32.6. The number of hydrogen-bond donors (Lipinski definition) is 0. The van der Waals surface area contributed by atoms with Gasteiger partial charge in [0.15, 0.2) is 5.69 Å². The van der Waals surface area contributed by atoms with Crippen LogP contribution in [0.4, 0.5) is 18.0 Å². The second-order valence-electron chi connectivity index (χ2n) is 11.5. The van der Waals surface area contributed by atoms with Crippen molar-refractivity contribution in [3.8, 4) is 27.3 Å². The molecule has 0 saturated carbocycles. The average Bonchev–Trinajstić information content (AvgIpc) is 3.23. The van der Waals surface area contributed by atoms with Gasteiger partial charge < -0.3 is 23.8 Å². The van der Waals surface area contributed by atoms with Crippen LogP contribution < -0.4 is 15.2 Å². The molecule has 2 aromatic carbocycles. The van der Waals surface area contributed by atoms with Crippen molar-refractivity contribution in [3.05, 3.63) is 98.0 Å². The van der Waals surface area contributed by atoms with E-state index in [0.29, 0.717) is 29.7 Å². The van der Waals surface area contributed by atoms with Crippen LogP contribution in [0.2, 0.25) is 0 Å². The lowest BCUT2D eigenvalue weighted by atomic mass is 9.80. The van der Waals surface area contributed by atoms with E-state index in [9.17, 15) is 14.4 Å². The largest absolute Gasteiger partial charge is 0.510 e. The van der Waals surface area contributed by atoms with E-state index < -0.39 is 60.2 Å². The van der Waals surface area contributed by atoms with Crippen molar-refractivity contribution in [2.45, 2.75) is 31.0 Å². The van der Waals surface area contributed by atoms with Crippen molar-refractivity contribution < 1.29 is 41.7 Å². The van der Waals surface area contributed by atoms with E-state index in [4.69, 9.17) is 14.2 Å². The first-order chi connectivity index (χ1) is 22.7. The zero-order valence-corrected chi connectivity index (χ0v) is 25.7. The molecule has 2 atom stereocenters. The third-order valence-corrected chi connectivity index (χ3v) is 10.2. The summed E-state index contributed by atoms with van der Waals surface area (Å²) in [4.78, 5) is 41.3. The van der Waals surface area contributed by atoms with Gasteiger partial charge in [0.2, 0.25) is 18.0 Å². The minimum atomic E-state index is -3.47. The van der Waals surface area contributed by atoms with Gasteiger partial charge in [0.05, 0.1) is 31.9 Å². The van der Waals surface area contributed by atoms with Gasteiger partial charge in [-0.2, -0.15) is 0 Å². The maximum atomic E-state index is 15.9. The van der Waals surface area contributed by atoms with Crippen LogP contribution in [0.1, 0.15) is 45.2 Å². The minimum Gasteiger partial charge on any atom is -0.451 e. The van der Waals surface area contributed by atoms with Gasteiger partial charge in [-0.3, -0.25) is 19.3 Å². The van der Waals surface area contributed by atoms with Crippen LogP contribution in [0, 0.1) is 5.82 Å². The number of fused-ring (bicyclic) bond motifs is 4. The second kappa shape index (κ2) is 10.9. The van der Waals surface area contributed by atoms with E-state index in [1.807, 2.05) is 29.3 Å². The number of nitrogens with zero attached hydrogens (tertiary/aromatic N) is 3. The summed E-state index contributed by atoms with van der Waals surface area (Å²) in [7, 11) is 1.11. The number of carbonyl (C=O) groups is 2. The van der Waals surface area contributed by atoms with E-state index in [1.165, 1.54) is 34.3 Å². The molecule has 4 aromatic rings. The number of benzene rings is 2. The average molecular weight is 666 g/mol. The molecule has 0 spiro atoms. The Bertz CT molecular complexity index is 2030. The third-order valence-electron chi connectivity index (χ3n) is 9.10.